The highest BCUT2D eigenvalue weighted by molar-refractivity contribution is 5.92. The number of carbonyl (C=O) groups excluding carboxylic acids is 1. The van der Waals surface area contributed by atoms with E-state index in [1.54, 1.807) is 13.2 Å². The summed E-state index contributed by atoms with van der Waals surface area (Å²) in [6.45, 7) is 3.22. The van der Waals surface area contributed by atoms with Crippen LogP contribution < -0.4 is 14.2 Å². The van der Waals surface area contributed by atoms with E-state index in [9.17, 15) is 4.79 Å². The van der Waals surface area contributed by atoms with E-state index in [4.69, 9.17) is 18.9 Å². The van der Waals surface area contributed by atoms with Crippen LogP contribution in [-0.4, -0.2) is 45.0 Å². The molecule has 0 amide bonds. The maximum atomic E-state index is 11.9. The van der Waals surface area contributed by atoms with Crippen molar-refractivity contribution < 1.29 is 23.7 Å². The van der Waals surface area contributed by atoms with Crippen LogP contribution in [0.25, 0.3) is 0 Å². The molecule has 0 saturated carbocycles. The van der Waals surface area contributed by atoms with E-state index >= 15 is 0 Å². The first-order valence-corrected chi connectivity index (χ1v) is 9.55. The van der Waals surface area contributed by atoms with Gasteiger partial charge in [0.2, 0.25) is 6.79 Å². The molecule has 0 bridgehead atoms. The molecule has 6 nitrogen and oxygen atoms in total. The Kier molecular flexibility index (Phi) is 5.39. The zero-order chi connectivity index (χ0) is 19.5. The van der Waals surface area contributed by atoms with Crippen LogP contribution in [0.5, 0.6) is 17.2 Å². The number of hydrogen-bond acceptors (Lipinski definition) is 6. The standard InChI is InChI=1S/C22H25NO5/c1-25-20-11-16(6-7-18(20)22(24)26-2)17-4-3-9-23(13-17)12-15-5-8-19-21(10-15)28-14-27-19/h5-8,10-11,17H,3-4,9,12-14H2,1-2H3. The SMILES string of the molecule is COC(=O)c1ccc(C2CCCN(Cc3ccc4c(c3)OCO4)C2)cc1OC. The van der Waals surface area contributed by atoms with Gasteiger partial charge in [0.15, 0.2) is 11.5 Å². The Morgan fingerprint density at radius 1 is 1.14 bits per heavy atom. The maximum absolute atomic E-state index is 11.9. The number of methoxy groups -OCH3 is 2. The Bertz CT molecular complexity index is 866. The summed E-state index contributed by atoms with van der Waals surface area (Å²) < 4.78 is 21.1. The van der Waals surface area contributed by atoms with Crippen LogP contribution in [0.3, 0.4) is 0 Å². The zero-order valence-electron chi connectivity index (χ0n) is 16.3. The van der Waals surface area contributed by atoms with Crippen LogP contribution >= 0.6 is 0 Å². The van der Waals surface area contributed by atoms with Gasteiger partial charge in [-0.05, 0) is 60.7 Å². The first-order valence-electron chi connectivity index (χ1n) is 9.55. The second-order valence-corrected chi connectivity index (χ2v) is 7.21. The first kappa shape index (κ1) is 18.6. The van der Waals surface area contributed by atoms with Gasteiger partial charge < -0.3 is 18.9 Å². The smallest absolute Gasteiger partial charge is 0.341 e. The summed E-state index contributed by atoms with van der Waals surface area (Å²) in [5, 5.41) is 0. The highest BCUT2D eigenvalue weighted by atomic mass is 16.7. The first-order chi connectivity index (χ1) is 13.7. The third-order valence-electron chi connectivity index (χ3n) is 5.45. The number of likely N-dealkylation sites (tertiary alicyclic amines) is 1. The molecule has 148 valence electrons. The molecule has 0 spiro atoms. The van der Waals surface area contributed by atoms with Crippen LogP contribution in [0.2, 0.25) is 0 Å². The van der Waals surface area contributed by atoms with Gasteiger partial charge in [0.25, 0.3) is 0 Å². The number of esters is 1. The molecule has 1 atom stereocenters. The summed E-state index contributed by atoms with van der Waals surface area (Å²) in [6.07, 6.45) is 2.26. The average Bonchev–Trinajstić information content (AvgIpc) is 3.21. The van der Waals surface area contributed by atoms with Crippen molar-refractivity contribution in [1.29, 1.82) is 0 Å². The summed E-state index contributed by atoms with van der Waals surface area (Å²) in [5.74, 6) is 2.24. The maximum Gasteiger partial charge on any atom is 0.341 e. The molecule has 6 heteroatoms. The number of ether oxygens (including phenoxy) is 4. The van der Waals surface area contributed by atoms with Crippen molar-refractivity contribution in [2.75, 3.05) is 34.1 Å². The van der Waals surface area contributed by atoms with Gasteiger partial charge in [-0.15, -0.1) is 0 Å². The molecule has 2 aromatic rings. The lowest BCUT2D eigenvalue weighted by Crippen LogP contribution is -2.33. The minimum absolute atomic E-state index is 0.300. The second kappa shape index (κ2) is 8.10. The van der Waals surface area contributed by atoms with Crippen molar-refractivity contribution >= 4 is 5.97 Å². The molecular weight excluding hydrogens is 358 g/mol. The molecule has 2 aromatic carbocycles. The number of fused-ring (bicyclic) bond motifs is 1. The summed E-state index contributed by atoms with van der Waals surface area (Å²) in [4.78, 5) is 14.4. The zero-order valence-corrected chi connectivity index (χ0v) is 16.3. The Morgan fingerprint density at radius 2 is 2.00 bits per heavy atom. The van der Waals surface area contributed by atoms with Gasteiger partial charge in [0.05, 0.1) is 14.2 Å². The van der Waals surface area contributed by atoms with Gasteiger partial charge in [0.1, 0.15) is 11.3 Å². The van der Waals surface area contributed by atoms with Crippen LogP contribution in [0.15, 0.2) is 36.4 Å². The molecule has 0 radical (unpaired) electrons. The molecular formula is C22H25NO5. The van der Waals surface area contributed by atoms with E-state index in [2.05, 4.69) is 17.0 Å². The van der Waals surface area contributed by atoms with E-state index in [1.807, 2.05) is 18.2 Å². The topological polar surface area (TPSA) is 57.2 Å². The van der Waals surface area contributed by atoms with Gasteiger partial charge in [-0.3, -0.25) is 4.90 Å². The molecule has 1 unspecified atom stereocenters. The monoisotopic (exact) mass is 383 g/mol. The van der Waals surface area contributed by atoms with E-state index in [-0.39, 0.29) is 5.97 Å². The highest BCUT2D eigenvalue weighted by Crippen LogP contribution is 2.34. The molecule has 0 aromatic heterocycles. The van der Waals surface area contributed by atoms with Crippen LogP contribution in [0.1, 0.15) is 40.2 Å². The van der Waals surface area contributed by atoms with Gasteiger partial charge in [-0.1, -0.05) is 12.1 Å². The van der Waals surface area contributed by atoms with Crippen molar-refractivity contribution in [3.05, 3.63) is 53.1 Å². The second-order valence-electron chi connectivity index (χ2n) is 7.21. The molecule has 2 heterocycles. The van der Waals surface area contributed by atoms with Crippen LogP contribution in [-0.2, 0) is 11.3 Å². The van der Waals surface area contributed by atoms with Crippen molar-refractivity contribution in [2.24, 2.45) is 0 Å². The normalized spacial score (nSPS) is 18.7. The van der Waals surface area contributed by atoms with E-state index < -0.39 is 0 Å². The predicted octanol–water partition coefficient (Wildman–Crippen LogP) is 3.59. The number of rotatable bonds is 5. The van der Waals surface area contributed by atoms with Gasteiger partial charge in [0, 0.05) is 13.1 Å². The van der Waals surface area contributed by atoms with Gasteiger partial charge >= 0.3 is 5.97 Å². The van der Waals surface area contributed by atoms with Crippen LogP contribution in [0.4, 0.5) is 0 Å². The average molecular weight is 383 g/mol. The fourth-order valence-corrected chi connectivity index (χ4v) is 4.01. The summed E-state index contributed by atoms with van der Waals surface area (Å²) >= 11 is 0. The van der Waals surface area contributed by atoms with Gasteiger partial charge in [-0.2, -0.15) is 0 Å². The summed E-state index contributed by atoms with van der Waals surface area (Å²) in [5.41, 5.74) is 2.88. The van der Waals surface area contributed by atoms with Crippen molar-refractivity contribution in [2.45, 2.75) is 25.3 Å². The fraction of sp³-hybridized carbons (Fsp3) is 0.409. The Hall–Kier alpha value is -2.73. The van der Waals surface area contributed by atoms with Crippen molar-refractivity contribution in [3.8, 4) is 17.2 Å². The lowest BCUT2D eigenvalue weighted by atomic mass is 9.89. The Balaban J connectivity index is 1.47. The summed E-state index contributed by atoms with van der Waals surface area (Å²) in [6, 6.07) is 11.9. The predicted molar refractivity (Wildman–Crippen MR) is 104 cm³/mol. The van der Waals surface area contributed by atoms with Crippen molar-refractivity contribution in [3.63, 3.8) is 0 Å². The number of hydrogen-bond donors (Lipinski definition) is 0. The van der Waals surface area contributed by atoms with E-state index in [0.717, 1.165) is 44.0 Å². The van der Waals surface area contributed by atoms with E-state index in [1.165, 1.54) is 18.2 Å². The summed E-state index contributed by atoms with van der Waals surface area (Å²) in [7, 11) is 2.96. The number of benzene rings is 2. The molecule has 0 N–H and O–H groups in total. The molecule has 1 saturated heterocycles. The molecule has 2 aliphatic rings. The number of nitrogens with zero attached hydrogens (tertiary/aromatic N) is 1. The molecule has 2 aliphatic heterocycles. The minimum atomic E-state index is -0.378. The van der Waals surface area contributed by atoms with Crippen molar-refractivity contribution in [1.82, 2.24) is 4.90 Å². The third-order valence-corrected chi connectivity index (χ3v) is 5.45. The molecule has 28 heavy (non-hydrogen) atoms. The molecule has 4 rings (SSSR count). The molecule has 0 aliphatic carbocycles. The number of piperidine rings is 1. The van der Waals surface area contributed by atoms with Gasteiger partial charge in [-0.25, -0.2) is 4.79 Å². The quantitative estimate of drug-likeness (QED) is 0.736. The Labute approximate surface area is 165 Å². The highest BCUT2D eigenvalue weighted by Gasteiger charge is 2.24. The lowest BCUT2D eigenvalue weighted by Gasteiger charge is -2.33. The largest absolute Gasteiger partial charge is 0.496 e. The van der Waals surface area contributed by atoms with E-state index in [0.29, 0.717) is 24.0 Å². The fourth-order valence-electron chi connectivity index (χ4n) is 4.01. The third kappa shape index (κ3) is 3.78. The van der Waals surface area contributed by atoms with Crippen LogP contribution in [0, 0.1) is 0 Å². The minimum Gasteiger partial charge on any atom is -0.496 e. The number of carbonyl (C=O) groups is 1. The lowest BCUT2D eigenvalue weighted by molar-refractivity contribution is 0.0597. The molecule has 1 fully saturated rings. The Morgan fingerprint density at radius 3 is 2.82 bits per heavy atom.